The number of unbranched alkanes of at least 4 members (excludes halogenated alkanes) is 1. The predicted octanol–water partition coefficient (Wildman–Crippen LogP) is 2.42. The number of hydrogen-bond donors (Lipinski definition) is 1. The number of carbonyl (C=O) groups is 1. The Kier molecular flexibility index (Phi) is 4.07. The molecule has 0 aliphatic rings. The van der Waals surface area contributed by atoms with Gasteiger partial charge in [-0.05, 0) is 19.8 Å². The fourth-order valence-electron chi connectivity index (χ4n) is 1.22. The number of aromatic nitrogens is 1. The molecule has 0 aromatic carbocycles. The van der Waals surface area contributed by atoms with E-state index in [2.05, 4.69) is 11.9 Å². The van der Waals surface area contributed by atoms with Gasteiger partial charge in [0.2, 0.25) is 0 Å². The number of aryl methyl sites for hydroxylation is 2. The summed E-state index contributed by atoms with van der Waals surface area (Å²) in [6.45, 7) is 4.02. The van der Waals surface area contributed by atoms with E-state index in [1.165, 1.54) is 11.3 Å². The van der Waals surface area contributed by atoms with Gasteiger partial charge in [-0.15, -0.1) is 11.3 Å². The summed E-state index contributed by atoms with van der Waals surface area (Å²) in [5.41, 5.74) is 0.878. The van der Waals surface area contributed by atoms with E-state index in [9.17, 15) is 4.79 Å². The van der Waals surface area contributed by atoms with E-state index in [0.29, 0.717) is 0 Å². The Balaban J connectivity index is 2.66. The molecule has 0 unspecified atom stereocenters. The van der Waals surface area contributed by atoms with Gasteiger partial charge in [0.15, 0.2) is 0 Å². The summed E-state index contributed by atoms with van der Waals surface area (Å²) in [6.07, 6.45) is 3.35. The van der Waals surface area contributed by atoms with Crippen molar-refractivity contribution in [1.29, 1.82) is 0 Å². The quantitative estimate of drug-likeness (QED) is 0.817. The first-order chi connectivity index (χ1) is 6.63. The molecule has 0 saturated heterocycles. The van der Waals surface area contributed by atoms with E-state index in [1.807, 2.05) is 6.92 Å². The molecule has 4 heteroatoms. The molecule has 0 amide bonds. The SMILES string of the molecule is CCCCc1nc(C)c(CC(=O)O)s1. The first-order valence-electron chi connectivity index (χ1n) is 4.80. The Labute approximate surface area is 87.8 Å². The van der Waals surface area contributed by atoms with Gasteiger partial charge >= 0.3 is 5.97 Å². The van der Waals surface area contributed by atoms with Crippen molar-refractivity contribution in [3.05, 3.63) is 15.6 Å². The van der Waals surface area contributed by atoms with Gasteiger partial charge in [-0.2, -0.15) is 0 Å². The topological polar surface area (TPSA) is 50.2 Å². The Morgan fingerprint density at radius 1 is 1.57 bits per heavy atom. The van der Waals surface area contributed by atoms with Gasteiger partial charge in [0.05, 0.1) is 17.1 Å². The second-order valence-electron chi connectivity index (χ2n) is 3.29. The number of aliphatic carboxylic acids is 1. The third-order valence-corrected chi connectivity index (χ3v) is 3.21. The predicted molar refractivity (Wildman–Crippen MR) is 56.8 cm³/mol. The zero-order valence-corrected chi connectivity index (χ0v) is 9.36. The lowest BCUT2D eigenvalue weighted by Crippen LogP contribution is -1.99. The van der Waals surface area contributed by atoms with Crippen molar-refractivity contribution in [2.45, 2.75) is 39.5 Å². The van der Waals surface area contributed by atoms with Crippen molar-refractivity contribution < 1.29 is 9.90 Å². The number of hydrogen-bond acceptors (Lipinski definition) is 3. The molecular weight excluding hydrogens is 198 g/mol. The first kappa shape index (κ1) is 11.2. The number of nitrogens with zero attached hydrogens (tertiary/aromatic N) is 1. The van der Waals surface area contributed by atoms with Crippen molar-refractivity contribution in [1.82, 2.24) is 4.98 Å². The van der Waals surface area contributed by atoms with Crippen LogP contribution in [0.3, 0.4) is 0 Å². The Hall–Kier alpha value is -0.900. The Morgan fingerprint density at radius 3 is 2.86 bits per heavy atom. The molecule has 1 aromatic heterocycles. The van der Waals surface area contributed by atoms with E-state index in [0.717, 1.165) is 34.8 Å². The van der Waals surface area contributed by atoms with Crippen LogP contribution in [0.1, 0.15) is 35.3 Å². The molecule has 0 atom stereocenters. The number of thiazole rings is 1. The lowest BCUT2D eigenvalue weighted by atomic mass is 10.2. The van der Waals surface area contributed by atoms with Crippen molar-refractivity contribution >= 4 is 17.3 Å². The van der Waals surface area contributed by atoms with Crippen LogP contribution in [-0.4, -0.2) is 16.1 Å². The Bertz CT molecular complexity index is 320. The molecule has 0 saturated carbocycles. The largest absolute Gasteiger partial charge is 0.481 e. The van der Waals surface area contributed by atoms with Crippen LogP contribution in [0, 0.1) is 6.92 Å². The van der Waals surface area contributed by atoms with Crippen LogP contribution in [0.15, 0.2) is 0 Å². The van der Waals surface area contributed by atoms with E-state index in [4.69, 9.17) is 5.11 Å². The summed E-state index contributed by atoms with van der Waals surface area (Å²) in [6, 6.07) is 0. The van der Waals surface area contributed by atoms with E-state index in [-0.39, 0.29) is 6.42 Å². The van der Waals surface area contributed by atoms with Crippen LogP contribution < -0.4 is 0 Å². The van der Waals surface area contributed by atoms with Crippen LogP contribution in [0.5, 0.6) is 0 Å². The van der Waals surface area contributed by atoms with Crippen molar-refractivity contribution in [3.8, 4) is 0 Å². The first-order valence-corrected chi connectivity index (χ1v) is 5.62. The maximum Gasteiger partial charge on any atom is 0.308 e. The van der Waals surface area contributed by atoms with E-state index in [1.54, 1.807) is 0 Å². The average Bonchev–Trinajstić information content (AvgIpc) is 2.43. The van der Waals surface area contributed by atoms with Gasteiger partial charge in [0, 0.05) is 4.88 Å². The molecule has 0 spiro atoms. The number of carboxylic acids is 1. The molecule has 1 N–H and O–H groups in total. The monoisotopic (exact) mass is 213 g/mol. The molecule has 1 heterocycles. The van der Waals surface area contributed by atoms with Gasteiger partial charge in [0.1, 0.15) is 0 Å². The second kappa shape index (κ2) is 5.10. The van der Waals surface area contributed by atoms with Crippen molar-refractivity contribution in [2.75, 3.05) is 0 Å². The number of carboxylic acid groups (broad SMARTS) is 1. The molecule has 0 fully saturated rings. The smallest absolute Gasteiger partial charge is 0.308 e. The zero-order chi connectivity index (χ0) is 10.6. The van der Waals surface area contributed by atoms with Crippen LogP contribution in [0.25, 0.3) is 0 Å². The number of rotatable bonds is 5. The normalized spacial score (nSPS) is 10.4. The van der Waals surface area contributed by atoms with Crippen molar-refractivity contribution in [3.63, 3.8) is 0 Å². The van der Waals surface area contributed by atoms with Gasteiger partial charge < -0.3 is 5.11 Å². The average molecular weight is 213 g/mol. The standard InChI is InChI=1S/C10H15NO2S/c1-3-4-5-9-11-7(2)8(14-9)6-10(12)13/h3-6H2,1-2H3,(H,12,13). The molecule has 0 radical (unpaired) electrons. The molecule has 0 aliphatic carbocycles. The molecule has 1 rings (SSSR count). The minimum Gasteiger partial charge on any atom is -0.481 e. The van der Waals surface area contributed by atoms with E-state index < -0.39 is 5.97 Å². The van der Waals surface area contributed by atoms with Crippen LogP contribution >= 0.6 is 11.3 Å². The minimum atomic E-state index is -0.779. The second-order valence-corrected chi connectivity index (χ2v) is 4.46. The molecular formula is C10H15NO2S. The molecule has 0 aliphatic heterocycles. The van der Waals surface area contributed by atoms with E-state index >= 15 is 0 Å². The minimum absolute atomic E-state index is 0.107. The summed E-state index contributed by atoms with van der Waals surface area (Å²) in [5.74, 6) is -0.779. The van der Waals surface area contributed by atoms with Gasteiger partial charge in [-0.1, -0.05) is 13.3 Å². The highest BCUT2D eigenvalue weighted by atomic mass is 32.1. The summed E-state index contributed by atoms with van der Waals surface area (Å²) in [5, 5.41) is 9.73. The Morgan fingerprint density at radius 2 is 2.29 bits per heavy atom. The zero-order valence-electron chi connectivity index (χ0n) is 8.54. The summed E-state index contributed by atoms with van der Waals surface area (Å²) < 4.78 is 0. The summed E-state index contributed by atoms with van der Waals surface area (Å²) in [7, 11) is 0. The molecule has 14 heavy (non-hydrogen) atoms. The van der Waals surface area contributed by atoms with Crippen molar-refractivity contribution in [2.24, 2.45) is 0 Å². The van der Waals surface area contributed by atoms with Crippen LogP contribution in [-0.2, 0) is 17.6 Å². The summed E-state index contributed by atoms with van der Waals surface area (Å²) >= 11 is 1.54. The molecule has 1 aromatic rings. The highest BCUT2D eigenvalue weighted by Crippen LogP contribution is 2.20. The fourth-order valence-corrected chi connectivity index (χ4v) is 2.33. The summed E-state index contributed by atoms with van der Waals surface area (Å²) in [4.78, 5) is 15.8. The highest BCUT2D eigenvalue weighted by Gasteiger charge is 2.10. The fraction of sp³-hybridized carbons (Fsp3) is 0.600. The third-order valence-electron chi connectivity index (χ3n) is 1.99. The van der Waals surface area contributed by atoms with Gasteiger partial charge in [0.25, 0.3) is 0 Å². The maximum absolute atomic E-state index is 10.5. The molecule has 78 valence electrons. The van der Waals surface area contributed by atoms with Crippen LogP contribution in [0.4, 0.5) is 0 Å². The van der Waals surface area contributed by atoms with Crippen LogP contribution in [0.2, 0.25) is 0 Å². The molecule has 0 bridgehead atoms. The van der Waals surface area contributed by atoms with Gasteiger partial charge in [-0.3, -0.25) is 4.79 Å². The lowest BCUT2D eigenvalue weighted by molar-refractivity contribution is -0.136. The maximum atomic E-state index is 10.5. The highest BCUT2D eigenvalue weighted by molar-refractivity contribution is 7.11. The van der Waals surface area contributed by atoms with Gasteiger partial charge in [-0.25, -0.2) is 4.98 Å². The lowest BCUT2D eigenvalue weighted by Gasteiger charge is -1.90. The third kappa shape index (κ3) is 3.10. The molecule has 3 nitrogen and oxygen atoms in total.